The Bertz CT molecular complexity index is 821. The highest BCUT2D eigenvalue weighted by Gasteiger charge is 2.23. The lowest BCUT2D eigenvalue weighted by Crippen LogP contribution is -2.32. The van der Waals surface area contributed by atoms with Gasteiger partial charge in [-0.05, 0) is 60.8 Å². The van der Waals surface area contributed by atoms with Gasteiger partial charge in [-0.1, -0.05) is 18.2 Å². The van der Waals surface area contributed by atoms with Crippen molar-refractivity contribution in [1.82, 2.24) is 10.2 Å². The molecule has 2 aromatic rings. The SMILES string of the molecule is O=C(CC1CCNC1)N(Cc1cccc(F)c1)Cc1ccc2c(c1)OCO2. The van der Waals surface area contributed by atoms with Crippen LogP contribution in [0, 0.1) is 11.7 Å². The summed E-state index contributed by atoms with van der Waals surface area (Å²) in [5.74, 6) is 1.59. The summed E-state index contributed by atoms with van der Waals surface area (Å²) in [5.41, 5.74) is 1.75. The molecule has 2 aliphatic rings. The van der Waals surface area contributed by atoms with Crippen molar-refractivity contribution in [3.05, 3.63) is 59.4 Å². The third kappa shape index (κ3) is 4.39. The normalized spacial score (nSPS) is 17.9. The molecule has 6 heteroatoms. The van der Waals surface area contributed by atoms with E-state index in [4.69, 9.17) is 9.47 Å². The fraction of sp³-hybridized carbons (Fsp3) is 0.381. The van der Waals surface area contributed by atoms with E-state index in [1.54, 1.807) is 11.0 Å². The molecule has 1 N–H and O–H groups in total. The average molecular weight is 370 g/mol. The zero-order chi connectivity index (χ0) is 18.6. The summed E-state index contributed by atoms with van der Waals surface area (Å²) >= 11 is 0. The number of ether oxygens (including phenoxy) is 2. The highest BCUT2D eigenvalue weighted by atomic mass is 19.1. The molecule has 0 aliphatic carbocycles. The van der Waals surface area contributed by atoms with E-state index < -0.39 is 0 Å². The maximum absolute atomic E-state index is 13.6. The molecular weight excluding hydrogens is 347 g/mol. The second-order valence-corrected chi connectivity index (χ2v) is 7.13. The summed E-state index contributed by atoms with van der Waals surface area (Å²) in [6.07, 6.45) is 1.52. The van der Waals surface area contributed by atoms with E-state index in [2.05, 4.69) is 5.32 Å². The molecule has 1 atom stereocenters. The minimum Gasteiger partial charge on any atom is -0.454 e. The first-order chi connectivity index (χ1) is 13.2. The molecule has 1 fully saturated rings. The number of hydrogen-bond acceptors (Lipinski definition) is 4. The number of hydrogen-bond donors (Lipinski definition) is 1. The van der Waals surface area contributed by atoms with Gasteiger partial charge in [0.05, 0.1) is 0 Å². The summed E-state index contributed by atoms with van der Waals surface area (Å²) in [5, 5.41) is 3.30. The monoisotopic (exact) mass is 370 g/mol. The Hall–Kier alpha value is -2.60. The number of carbonyl (C=O) groups excluding carboxylic acids is 1. The van der Waals surface area contributed by atoms with E-state index in [1.165, 1.54) is 12.1 Å². The first-order valence-corrected chi connectivity index (χ1v) is 9.29. The zero-order valence-electron chi connectivity index (χ0n) is 15.1. The van der Waals surface area contributed by atoms with Crippen LogP contribution in [0.1, 0.15) is 24.0 Å². The van der Waals surface area contributed by atoms with Gasteiger partial charge >= 0.3 is 0 Å². The van der Waals surface area contributed by atoms with Gasteiger partial charge < -0.3 is 19.7 Å². The molecule has 2 aliphatic heterocycles. The third-order valence-electron chi connectivity index (χ3n) is 5.05. The zero-order valence-corrected chi connectivity index (χ0v) is 15.1. The molecular formula is C21H23FN2O3. The number of nitrogens with zero attached hydrogens (tertiary/aromatic N) is 1. The molecule has 142 valence electrons. The Balaban J connectivity index is 1.51. The maximum atomic E-state index is 13.6. The average Bonchev–Trinajstić information content (AvgIpc) is 3.32. The van der Waals surface area contributed by atoms with E-state index in [0.29, 0.717) is 31.2 Å². The number of nitrogens with one attached hydrogen (secondary N) is 1. The van der Waals surface area contributed by atoms with E-state index in [9.17, 15) is 9.18 Å². The van der Waals surface area contributed by atoms with Gasteiger partial charge in [0.1, 0.15) is 5.82 Å². The summed E-state index contributed by atoms with van der Waals surface area (Å²) in [6, 6.07) is 12.1. The van der Waals surface area contributed by atoms with Crippen LogP contribution in [0.2, 0.25) is 0 Å². The van der Waals surface area contributed by atoms with E-state index >= 15 is 0 Å². The topological polar surface area (TPSA) is 50.8 Å². The van der Waals surface area contributed by atoms with Crippen molar-refractivity contribution in [3.63, 3.8) is 0 Å². The molecule has 2 heterocycles. The molecule has 5 nitrogen and oxygen atoms in total. The fourth-order valence-corrected chi connectivity index (χ4v) is 3.61. The molecule has 1 unspecified atom stereocenters. The van der Waals surface area contributed by atoms with Crippen molar-refractivity contribution < 1.29 is 18.7 Å². The van der Waals surface area contributed by atoms with Crippen LogP contribution in [0.15, 0.2) is 42.5 Å². The van der Waals surface area contributed by atoms with Gasteiger partial charge in [0, 0.05) is 19.5 Å². The van der Waals surface area contributed by atoms with E-state index in [0.717, 1.165) is 36.4 Å². The van der Waals surface area contributed by atoms with Crippen LogP contribution in [0.3, 0.4) is 0 Å². The third-order valence-corrected chi connectivity index (χ3v) is 5.05. The smallest absolute Gasteiger partial charge is 0.231 e. The standard InChI is InChI=1S/C21H23FN2O3/c22-18-3-1-2-16(8-18)12-24(21(25)10-15-6-7-23-11-15)13-17-4-5-19-20(9-17)27-14-26-19/h1-5,8-9,15,23H,6-7,10-14H2. The second kappa shape index (κ2) is 7.96. The Morgan fingerprint density at radius 3 is 2.70 bits per heavy atom. The van der Waals surface area contributed by atoms with Gasteiger partial charge in [-0.15, -0.1) is 0 Å². The summed E-state index contributed by atoms with van der Waals surface area (Å²) < 4.78 is 24.4. The fourth-order valence-electron chi connectivity index (χ4n) is 3.61. The van der Waals surface area contributed by atoms with Crippen molar-refractivity contribution >= 4 is 5.91 Å². The van der Waals surface area contributed by atoms with Crippen molar-refractivity contribution in [2.45, 2.75) is 25.9 Å². The van der Waals surface area contributed by atoms with Gasteiger partial charge in [0.15, 0.2) is 11.5 Å². The van der Waals surface area contributed by atoms with Crippen LogP contribution >= 0.6 is 0 Å². The minimum atomic E-state index is -0.289. The van der Waals surface area contributed by atoms with Crippen LogP contribution in [0.25, 0.3) is 0 Å². The minimum absolute atomic E-state index is 0.0885. The van der Waals surface area contributed by atoms with E-state index in [-0.39, 0.29) is 18.5 Å². The van der Waals surface area contributed by atoms with Gasteiger partial charge in [0.2, 0.25) is 12.7 Å². The molecule has 2 aromatic carbocycles. The van der Waals surface area contributed by atoms with Crippen LogP contribution in [-0.2, 0) is 17.9 Å². The van der Waals surface area contributed by atoms with Crippen LogP contribution in [-0.4, -0.2) is 30.7 Å². The first-order valence-electron chi connectivity index (χ1n) is 9.29. The number of amides is 1. The maximum Gasteiger partial charge on any atom is 0.231 e. The highest BCUT2D eigenvalue weighted by molar-refractivity contribution is 5.76. The molecule has 0 radical (unpaired) electrons. The van der Waals surface area contributed by atoms with Crippen LogP contribution < -0.4 is 14.8 Å². The van der Waals surface area contributed by atoms with E-state index in [1.807, 2.05) is 24.3 Å². The molecule has 1 amide bonds. The lowest BCUT2D eigenvalue weighted by Gasteiger charge is -2.24. The van der Waals surface area contributed by atoms with Crippen molar-refractivity contribution in [2.75, 3.05) is 19.9 Å². The van der Waals surface area contributed by atoms with Gasteiger partial charge in [-0.25, -0.2) is 4.39 Å². The highest BCUT2D eigenvalue weighted by Crippen LogP contribution is 2.33. The predicted octanol–water partition coefficient (Wildman–Crippen LogP) is 3.08. The van der Waals surface area contributed by atoms with Crippen molar-refractivity contribution in [3.8, 4) is 11.5 Å². The van der Waals surface area contributed by atoms with Crippen molar-refractivity contribution in [2.24, 2.45) is 5.92 Å². The Morgan fingerprint density at radius 1 is 1.11 bits per heavy atom. The Morgan fingerprint density at radius 2 is 1.93 bits per heavy atom. The summed E-state index contributed by atoms with van der Waals surface area (Å²) in [6.45, 7) is 2.89. The first kappa shape index (κ1) is 17.8. The van der Waals surface area contributed by atoms with Gasteiger partial charge in [-0.2, -0.15) is 0 Å². The largest absolute Gasteiger partial charge is 0.454 e. The Labute approximate surface area is 158 Å². The summed E-state index contributed by atoms with van der Waals surface area (Å²) in [7, 11) is 0. The molecule has 0 spiro atoms. The number of fused-ring (bicyclic) bond motifs is 1. The molecule has 4 rings (SSSR count). The van der Waals surface area contributed by atoms with Gasteiger partial charge in [-0.3, -0.25) is 4.79 Å². The molecule has 1 saturated heterocycles. The molecule has 0 bridgehead atoms. The quantitative estimate of drug-likeness (QED) is 0.849. The summed E-state index contributed by atoms with van der Waals surface area (Å²) in [4.78, 5) is 14.8. The number of carbonyl (C=O) groups is 1. The number of rotatable bonds is 6. The van der Waals surface area contributed by atoms with Crippen molar-refractivity contribution in [1.29, 1.82) is 0 Å². The number of halogens is 1. The molecule has 0 saturated carbocycles. The predicted molar refractivity (Wildman–Crippen MR) is 98.8 cm³/mol. The van der Waals surface area contributed by atoms with Crippen LogP contribution in [0.5, 0.6) is 11.5 Å². The molecule has 27 heavy (non-hydrogen) atoms. The number of benzene rings is 2. The van der Waals surface area contributed by atoms with Gasteiger partial charge in [0.25, 0.3) is 0 Å². The lowest BCUT2D eigenvalue weighted by molar-refractivity contribution is -0.133. The lowest BCUT2D eigenvalue weighted by atomic mass is 10.0. The molecule has 0 aromatic heterocycles. The van der Waals surface area contributed by atoms with Crippen LogP contribution in [0.4, 0.5) is 4.39 Å². The second-order valence-electron chi connectivity index (χ2n) is 7.13. The Kier molecular flexibility index (Phi) is 5.25.